The lowest BCUT2D eigenvalue weighted by Crippen LogP contribution is -2.29. The molecule has 6 heteroatoms. The topological polar surface area (TPSA) is 66.4 Å². The van der Waals surface area contributed by atoms with E-state index in [1.165, 1.54) is 0 Å². The predicted molar refractivity (Wildman–Crippen MR) is 87.4 cm³/mol. The Hall–Kier alpha value is -1.40. The Balaban J connectivity index is 2.31. The summed E-state index contributed by atoms with van der Waals surface area (Å²) in [4.78, 5) is 0.188. The minimum Gasteiger partial charge on any atom is -0.396 e. The molecule has 0 aliphatic heterocycles. The summed E-state index contributed by atoms with van der Waals surface area (Å²) in [6.07, 6.45) is 0.245. The first-order valence-electron chi connectivity index (χ1n) is 6.88. The maximum atomic E-state index is 12.5. The summed E-state index contributed by atoms with van der Waals surface area (Å²) < 4.78 is 27.6. The van der Waals surface area contributed by atoms with Gasteiger partial charge in [0.05, 0.1) is 10.9 Å². The third kappa shape index (κ3) is 4.08. The van der Waals surface area contributed by atoms with E-state index in [1.807, 2.05) is 6.92 Å². The summed E-state index contributed by atoms with van der Waals surface area (Å²) in [6, 6.07) is 13.0. The van der Waals surface area contributed by atoms with E-state index < -0.39 is 16.1 Å². The molecular formula is C16H18ClNO3S. The summed E-state index contributed by atoms with van der Waals surface area (Å²) in [6.45, 7) is 1.74. The molecule has 0 aliphatic rings. The van der Waals surface area contributed by atoms with Gasteiger partial charge < -0.3 is 5.11 Å². The Morgan fingerprint density at radius 3 is 2.36 bits per heavy atom. The zero-order valence-corrected chi connectivity index (χ0v) is 13.7. The number of aliphatic hydroxyl groups excluding tert-OH is 1. The lowest BCUT2D eigenvalue weighted by atomic mass is 10.1. The number of sulfonamides is 1. The van der Waals surface area contributed by atoms with Crippen LogP contribution in [0.5, 0.6) is 0 Å². The molecule has 2 rings (SSSR count). The summed E-state index contributed by atoms with van der Waals surface area (Å²) >= 11 is 6.13. The highest BCUT2D eigenvalue weighted by Crippen LogP contribution is 2.26. The zero-order valence-electron chi connectivity index (χ0n) is 12.2. The molecule has 0 saturated carbocycles. The molecule has 2 aromatic carbocycles. The van der Waals surface area contributed by atoms with Crippen LogP contribution < -0.4 is 4.72 Å². The lowest BCUT2D eigenvalue weighted by molar-refractivity contribution is 0.272. The van der Waals surface area contributed by atoms with Crippen LogP contribution in [0.2, 0.25) is 5.02 Å². The number of hydrogen-bond acceptors (Lipinski definition) is 3. The van der Waals surface area contributed by atoms with Gasteiger partial charge in [-0.2, -0.15) is 0 Å². The number of benzene rings is 2. The third-order valence-electron chi connectivity index (χ3n) is 3.33. The van der Waals surface area contributed by atoms with Gasteiger partial charge in [-0.1, -0.05) is 47.5 Å². The molecule has 0 amide bonds. The first kappa shape index (κ1) is 17.0. The van der Waals surface area contributed by atoms with E-state index in [0.717, 1.165) is 5.56 Å². The van der Waals surface area contributed by atoms with Gasteiger partial charge in [0.2, 0.25) is 10.0 Å². The average Bonchev–Trinajstić information content (AvgIpc) is 2.47. The fourth-order valence-corrected chi connectivity index (χ4v) is 3.65. The highest BCUT2D eigenvalue weighted by atomic mass is 35.5. The van der Waals surface area contributed by atoms with Crippen molar-refractivity contribution in [2.45, 2.75) is 24.3 Å². The summed E-state index contributed by atoms with van der Waals surface area (Å²) in [5.41, 5.74) is 1.63. The molecule has 0 fully saturated rings. The smallest absolute Gasteiger partial charge is 0.241 e. The molecule has 0 bridgehead atoms. The van der Waals surface area contributed by atoms with Gasteiger partial charge in [-0.25, -0.2) is 13.1 Å². The van der Waals surface area contributed by atoms with E-state index in [9.17, 15) is 13.5 Å². The van der Waals surface area contributed by atoms with Gasteiger partial charge in [-0.05, 0) is 37.1 Å². The van der Waals surface area contributed by atoms with Gasteiger partial charge in [-0.15, -0.1) is 0 Å². The molecule has 0 heterocycles. The van der Waals surface area contributed by atoms with Crippen LogP contribution in [0.25, 0.3) is 0 Å². The number of nitrogens with one attached hydrogen (secondary N) is 1. The van der Waals surface area contributed by atoms with Crippen LogP contribution in [0.15, 0.2) is 53.4 Å². The van der Waals surface area contributed by atoms with Crippen molar-refractivity contribution in [3.8, 4) is 0 Å². The predicted octanol–water partition coefficient (Wildman–Crippen LogP) is 3.05. The van der Waals surface area contributed by atoms with Crippen molar-refractivity contribution < 1.29 is 13.5 Å². The molecule has 0 spiro atoms. The molecule has 2 N–H and O–H groups in total. The normalized spacial score (nSPS) is 13.0. The molecule has 4 nitrogen and oxygen atoms in total. The Bertz CT molecular complexity index is 729. The van der Waals surface area contributed by atoms with Gasteiger partial charge in [0.1, 0.15) is 0 Å². The monoisotopic (exact) mass is 339 g/mol. The minimum atomic E-state index is -3.68. The lowest BCUT2D eigenvalue weighted by Gasteiger charge is -2.19. The van der Waals surface area contributed by atoms with E-state index in [1.54, 1.807) is 48.5 Å². The van der Waals surface area contributed by atoms with E-state index in [4.69, 9.17) is 11.6 Å². The maximum Gasteiger partial charge on any atom is 0.241 e. The SMILES string of the molecule is Cc1ccc(S(=O)(=O)NC(CCO)c2ccccc2Cl)cc1. The highest BCUT2D eigenvalue weighted by molar-refractivity contribution is 7.89. The van der Waals surface area contributed by atoms with E-state index >= 15 is 0 Å². The summed E-state index contributed by atoms with van der Waals surface area (Å²) in [5.74, 6) is 0. The number of halogens is 1. The average molecular weight is 340 g/mol. The first-order chi connectivity index (χ1) is 10.4. The van der Waals surface area contributed by atoms with Crippen LogP contribution in [0.1, 0.15) is 23.6 Å². The van der Waals surface area contributed by atoms with Crippen molar-refractivity contribution in [2.75, 3.05) is 6.61 Å². The van der Waals surface area contributed by atoms with Crippen molar-refractivity contribution in [1.82, 2.24) is 4.72 Å². The minimum absolute atomic E-state index is 0.147. The second kappa shape index (κ2) is 7.24. The molecule has 0 aliphatic carbocycles. The number of aliphatic hydroxyl groups is 1. The fourth-order valence-electron chi connectivity index (χ4n) is 2.14. The Labute approximate surface area is 135 Å². The van der Waals surface area contributed by atoms with Crippen molar-refractivity contribution in [3.63, 3.8) is 0 Å². The molecule has 1 unspecified atom stereocenters. The van der Waals surface area contributed by atoms with Crippen molar-refractivity contribution in [3.05, 3.63) is 64.7 Å². The van der Waals surface area contributed by atoms with Crippen LogP contribution >= 0.6 is 11.6 Å². The molecule has 1 atom stereocenters. The molecule has 22 heavy (non-hydrogen) atoms. The van der Waals surface area contributed by atoms with Crippen LogP contribution in [0.3, 0.4) is 0 Å². The number of rotatable bonds is 6. The molecule has 118 valence electrons. The molecular weight excluding hydrogens is 322 g/mol. The van der Waals surface area contributed by atoms with Gasteiger partial charge >= 0.3 is 0 Å². The maximum absolute atomic E-state index is 12.5. The second-order valence-electron chi connectivity index (χ2n) is 5.02. The zero-order chi connectivity index (χ0) is 16.2. The first-order valence-corrected chi connectivity index (χ1v) is 8.74. The molecule has 0 aromatic heterocycles. The number of aryl methyl sites for hydroxylation is 1. The Morgan fingerprint density at radius 1 is 1.14 bits per heavy atom. The fraction of sp³-hybridized carbons (Fsp3) is 0.250. The van der Waals surface area contributed by atoms with Gasteiger partial charge in [0.25, 0.3) is 0 Å². The molecule has 0 saturated heterocycles. The third-order valence-corrected chi connectivity index (χ3v) is 5.16. The Morgan fingerprint density at radius 2 is 1.77 bits per heavy atom. The largest absolute Gasteiger partial charge is 0.396 e. The van der Waals surface area contributed by atoms with Crippen molar-refractivity contribution >= 4 is 21.6 Å². The Kier molecular flexibility index (Phi) is 5.58. The van der Waals surface area contributed by atoms with Gasteiger partial charge in [-0.3, -0.25) is 0 Å². The number of hydrogen-bond donors (Lipinski definition) is 2. The van der Waals surface area contributed by atoms with Crippen LogP contribution in [-0.4, -0.2) is 20.1 Å². The van der Waals surface area contributed by atoms with Crippen LogP contribution in [-0.2, 0) is 10.0 Å². The van der Waals surface area contributed by atoms with Crippen molar-refractivity contribution in [2.24, 2.45) is 0 Å². The molecule has 0 radical (unpaired) electrons. The van der Waals surface area contributed by atoms with Crippen molar-refractivity contribution in [1.29, 1.82) is 0 Å². The van der Waals surface area contributed by atoms with E-state index in [0.29, 0.717) is 10.6 Å². The molecule has 2 aromatic rings. The van der Waals surface area contributed by atoms with E-state index in [-0.39, 0.29) is 17.9 Å². The highest BCUT2D eigenvalue weighted by Gasteiger charge is 2.22. The standard InChI is InChI=1S/C16H18ClNO3S/c1-12-6-8-13(9-7-12)22(20,21)18-16(10-11-19)14-4-2-3-5-15(14)17/h2-9,16,18-19H,10-11H2,1H3. The van der Waals surface area contributed by atoms with Gasteiger partial charge in [0.15, 0.2) is 0 Å². The van der Waals surface area contributed by atoms with E-state index in [2.05, 4.69) is 4.72 Å². The van der Waals surface area contributed by atoms with Gasteiger partial charge in [0, 0.05) is 11.6 Å². The summed E-state index contributed by atoms with van der Waals surface area (Å²) in [5, 5.41) is 9.68. The second-order valence-corrected chi connectivity index (χ2v) is 7.14. The van der Waals surface area contributed by atoms with Crippen LogP contribution in [0, 0.1) is 6.92 Å². The summed E-state index contributed by atoms with van der Waals surface area (Å²) in [7, 11) is -3.68. The quantitative estimate of drug-likeness (QED) is 0.850. The van der Waals surface area contributed by atoms with Crippen LogP contribution in [0.4, 0.5) is 0 Å².